The van der Waals surface area contributed by atoms with Gasteiger partial charge in [-0.15, -0.1) is 0 Å². The van der Waals surface area contributed by atoms with Crippen molar-refractivity contribution in [3.05, 3.63) is 30.0 Å². The Morgan fingerprint density at radius 2 is 2.21 bits per heavy atom. The minimum Gasteiger partial charge on any atom is -0.424 e. The molecule has 0 spiro atoms. The van der Waals surface area contributed by atoms with Crippen molar-refractivity contribution in [2.75, 3.05) is 0 Å². The largest absolute Gasteiger partial charge is 0.424 e. The smallest absolute Gasteiger partial charge is 0.308 e. The van der Waals surface area contributed by atoms with Crippen LogP contribution < -0.4 is 4.74 Å². The number of aromatic nitrogens is 1. The number of carbonyl (C=O) groups excluding carboxylic acids is 1. The van der Waals surface area contributed by atoms with Crippen LogP contribution in [0, 0.1) is 6.92 Å². The monoisotopic (exact) mass is 189 g/mol. The second-order valence-corrected chi connectivity index (χ2v) is 3.24. The van der Waals surface area contributed by atoms with Crippen LogP contribution in [-0.2, 0) is 4.79 Å². The van der Waals surface area contributed by atoms with E-state index in [4.69, 9.17) is 4.74 Å². The third-order valence-corrected chi connectivity index (χ3v) is 2.13. The van der Waals surface area contributed by atoms with E-state index in [2.05, 4.69) is 4.98 Å². The lowest BCUT2D eigenvalue weighted by Gasteiger charge is -2.00. The summed E-state index contributed by atoms with van der Waals surface area (Å²) in [5.41, 5.74) is 2.08. The molecule has 1 aromatic carbocycles. The van der Waals surface area contributed by atoms with Crippen LogP contribution in [0.5, 0.6) is 5.75 Å². The molecule has 72 valence electrons. The van der Waals surface area contributed by atoms with Crippen LogP contribution in [-0.4, -0.2) is 11.0 Å². The number of carbonyl (C=O) groups is 1. The van der Waals surface area contributed by atoms with Crippen molar-refractivity contribution in [1.29, 1.82) is 0 Å². The summed E-state index contributed by atoms with van der Waals surface area (Å²) >= 11 is 0. The number of H-pyrrole nitrogens is 1. The number of rotatable bonds is 1. The molecule has 2 aromatic rings. The first-order valence-electron chi connectivity index (χ1n) is 4.43. The number of ether oxygens (including phenoxy) is 1. The third kappa shape index (κ3) is 1.37. The number of aryl methyl sites for hydroxylation is 1. The molecule has 0 fully saturated rings. The number of esters is 1. The van der Waals surface area contributed by atoms with Crippen molar-refractivity contribution in [3.63, 3.8) is 0 Å². The molecule has 1 aromatic heterocycles. The van der Waals surface area contributed by atoms with Crippen LogP contribution in [0.1, 0.15) is 12.5 Å². The maximum atomic E-state index is 10.8. The fourth-order valence-corrected chi connectivity index (χ4v) is 1.57. The Kier molecular flexibility index (Phi) is 2.00. The SMILES string of the molecule is CC(=O)Oc1c[nH]c2cccc(C)c12. The molecule has 3 heteroatoms. The number of aromatic amines is 1. The van der Waals surface area contributed by atoms with E-state index in [0.29, 0.717) is 5.75 Å². The van der Waals surface area contributed by atoms with Crippen LogP contribution >= 0.6 is 0 Å². The molecular weight excluding hydrogens is 178 g/mol. The lowest BCUT2D eigenvalue weighted by molar-refractivity contribution is -0.131. The van der Waals surface area contributed by atoms with Gasteiger partial charge in [0.15, 0.2) is 5.75 Å². The molecule has 14 heavy (non-hydrogen) atoms. The van der Waals surface area contributed by atoms with Crippen LogP contribution in [0.15, 0.2) is 24.4 Å². The lowest BCUT2D eigenvalue weighted by Crippen LogP contribution is -2.00. The van der Waals surface area contributed by atoms with Crippen LogP contribution in [0.3, 0.4) is 0 Å². The first-order chi connectivity index (χ1) is 6.68. The molecular formula is C11H11NO2. The molecule has 0 atom stereocenters. The summed E-state index contributed by atoms with van der Waals surface area (Å²) in [5.74, 6) is 0.305. The Bertz CT molecular complexity index is 485. The Morgan fingerprint density at radius 1 is 1.43 bits per heavy atom. The van der Waals surface area contributed by atoms with Gasteiger partial charge in [-0.3, -0.25) is 4.79 Å². The summed E-state index contributed by atoms with van der Waals surface area (Å²) < 4.78 is 5.08. The minimum atomic E-state index is -0.297. The van der Waals surface area contributed by atoms with Gasteiger partial charge in [0, 0.05) is 24.0 Å². The first kappa shape index (κ1) is 8.81. The van der Waals surface area contributed by atoms with Gasteiger partial charge < -0.3 is 9.72 Å². The van der Waals surface area contributed by atoms with Gasteiger partial charge in [-0.25, -0.2) is 0 Å². The highest BCUT2D eigenvalue weighted by Gasteiger charge is 2.08. The molecule has 0 saturated heterocycles. The van der Waals surface area contributed by atoms with E-state index in [1.807, 2.05) is 25.1 Å². The van der Waals surface area contributed by atoms with E-state index in [0.717, 1.165) is 16.5 Å². The lowest BCUT2D eigenvalue weighted by atomic mass is 10.1. The van der Waals surface area contributed by atoms with Crippen molar-refractivity contribution < 1.29 is 9.53 Å². The summed E-state index contributed by atoms with van der Waals surface area (Å²) in [7, 11) is 0. The number of fused-ring (bicyclic) bond motifs is 1. The standard InChI is InChI=1S/C11H11NO2/c1-7-4-3-5-9-11(7)10(6-12-9)14-8(2)13/h3-6,12H,1-2H3. The normalized spacial score (nSPS) is 10.4. The molecule has 0 aliphatic rings. The van der Waals surface area contributed by atoms with Crippen molar-refractivity contribution in [2.24, 2.45) is 0 Å². The van der Waals surface area contributed by atoms with Crippen molar-refractivity contribution in [3.8, 4) is 5.75 Å². The van der Waals surface area contributed by atoms with Gasteiger partial charge in [-0.1, -0.05) is 12.1 Å². The summed E-state index contributed by atoms with van der Waals surface area (Å²) in [6.45, 7) is 3.39. The highest BCUT2D eigenvalue weighted by Crippen LogP contribution is 2.28. The zero-order valence-corrected chi connectivity index (χ0v) is 8.13. The topological polar surface area (TPSA) is 42.1 Å². The second-order valence-electron chi connectivity index (χ2n) is 3.24. The number of hydrogen-bond acceptors (Lipinski definition) is 2. The maximum absolute atomic E-state index is 10.8. The van der Waals surface area contributed by atoms with Gasteiger partial charge in [0.05, 0.1) is 0 Å². The molecule has 0 bridgehead atoms. The second kappa shape index (κ2) is 3.18. The van der Waals surface area contributed by atoms with Gasteiger partial charge in [0.2, 0.25) is 0 Å². The zero-order valence-electron chi connectivity index (χ0n) is 8.13. The van der Waals surface area contributed by atoms with Crippen LogP contribution in [0.4, 0.5) is 0 Å². The first-order valence-corrected chi connectivity index (χ1v) is 4.43. The molecule has 0 amide bonds. The Morgan fingerprint density at radius 3 is 2.93 bits per heavy atom. The summed E-state index contributed by atoms with van der Waals surface area (Å²) in [6, 6.07) is 5.91. The Balaban J connectivity index is 2.61. The predicted molar refractivity (Wildman–Crippen MR) is 54.3 cm³/mol. The van der Waals surface area contributed by atoms with E-state index in [9.17, 15) is 4.79 Å². The number of hydrogen-bond donors (Lipinski definition) is 1. The number of benzene rings is 1. The van der Waals surface area contributed by atoms with Crippen molar-refractivity contribution >= 4 is 16.9 Å². The summed E-state index contributed by atoms with van der Waals surface area (Å²) in [4.78, 5) is 13.9. The molecule has 1 heterocycles. The predicted octanol–water partition coefficient (Wildman–Crippen LogP) is 2.40. The van der Waals surface area contributed by atoms with Crippen molar-refractivity contribution in [2.45, 2.75) is 13.8 Å². The highest BCUT2D eigenvalue weighted by molar-refractivity contribution is 5.91. The molecule has 0 radical (unpaired) electrons. The fourth-order valence-electron chi connectivity index (χ4n) is 1.57. The van der Waals surface area contributed by atoms with Crippen LogP contribution in [0.2, 0.25) is 0 Å². The molecule has 0 saturated carbocycles. The maximum Gasteiger partial charge on any atom is 0.308 e. The fraction of sp³-hybridized carbons (Fsp3) is 0.182. The van der Waals surface area contributed by atoms with Crippen molar-refractivity contribution in [1.82, 2.24) is 4.98 Å². The van der Waals surface area contributed by atoms with Gasteiger partial charge in [-0.2, -0.15) is 0 Å². The zero-order chi connectivity index (χ0) is 10.1. The Labute approximate surface area is 81.7 Å². The van der Waals surface area contributed by atoms with Gasteiger partial charge in [0.25, 0.3) is 0 Å². The molecule has 0 aliphatic carbocycles. The Hall–Kier alpha value is -1.77. The van der Waals surface area contributed by atoms with E-state index in [-0.39, 0.29) is 5.97 Å². The molecule has 1 N–H and O–H groups in total. The van der Waals surface area contributed by atoms with E-state index in [1.54, 1.807) is 6.20 Å². The summed E-state index contributed by atoms with van der Waals surface area (Å²) in [5, 5.41) is 0.975. The quantitative estimate of drug-likeness (QED) is 0.700. The minimum absolute atomic E-state index is 0.297. The van der Waals surface area contributed by atoms with E-state index < -0.39 is 0 Å². The van der Waals surface area contributed by atoms with Gasteiger partial charge in [0.1, 0.15) is 0 Å². The molecule has 3 nitrogen and oxygen atoms in total. The van der Waals surface area contributed by atoms with Gasteiger partial charge in [-0.05, 0) is 18.6 Å². The molecule has 0 aliphatic heterocycles. The highest BCUT2D eigenvalue weighted by atomic mass is 16.5. The molecule has 2 rings (SSSR count). The average Bonchev–Trinajstić information content (AvgIpc) is 2.49. The average molecular weight is 189 g/mol. The van der Waals surface area contributed by atoms with Crippen LogP contribution in [0.25, 0.3) is 10.9 Å². The third-order valence-electron chi connectivity index (χ3n) is 2.13. The van der Waals surface area contributed by atoms with E-state index >= 15 is 0 Å². The summed E-state index contributed by atoms with van der Waals surface area (Å²) in [6.07, 6.45) is 1.71. The van der Waals surface area contributed by atoms with Gasteiger partial charge >= 0.3 is 5.97 Å². The van der Waals surface area contributed by atoms with E-state index in [1.165, 1.54) is 6.92 Å². The number of nitrogens with one attached hydrogen (secondary N) is 1. The molecule has 0 unspecified atom stereocenters.